The molecule has 0 spiro atoms. The van der Waals surface area contributed by atoms with Gasteiger partial charge in [0.15, 0.2) is 0 Å². The maximum absolute atomic E-state index is 9.26. The van der Waals surface area contributed by atoms with Crippen molar-refractivity contribution in [3.05, 3.63) is 0 Å². The van der Waals surface area contributed by atoms with E-state index in [0.29, 0.717) is 13.2 Å². The lowest BCUT2D eigenvalue weighted by Crippen LogP contribution is -1.96. The second kappa shape index (κ2) is 6.09. The van der Waals surface area contributed by atoms with Crippen LogP contribution in [0, 0.1) is 0 Å². The van der Waals surface area contributed by atoms with Crippen LogP contribution in [-0.4, -0.2) is 18.1 Å². The number of rotatable bonds is 6. The molecule has 0 amide bonds. The SMILES string of the molecule is CCCOP(O)(=S)OCCC. The monoisotopic (exact) mass is 198 g/mol. The lowest BCUT2D eigenvalue weighted by molar-refractivity contribution is 0.197. The third kappa shape index (κ3) is 6.91. The van der Waals surface area contributed by atoms with Crippen molar-refractivity contribution < 1.29 is 13.9 Å². The van der Waals surface area contributed by atoms with Gasteiger partial charge >= 0.3 is 6.72 Å². The molecular weight excluding hydrogens is 183 g/mol. The minimum Gasteiger partial charge on any atom is -0.324 e. The minimum atomic E-state index is -2.89. The van der Waals surface area contributed by atoms with E-state index < -0.39 is 6.72 Å². The fourth-order valence-corrected chi connectivity index (χ4v) is 1.80. The first-order valence-electron chi connectivity index (χ1n) is 3.74. The van der Waals surface area contributed by atoms with E-state index in [2.05, 4.69) is 0 Å². The Kier molecular flexibility index (Phi) is 6.38. The van der Waals surface area contributed by atoms with E-state index in [4.69, 9.17) is 20.9 Å². The zero-order valence-corrected chi connectivity index (χ0v) is 8.66. The van der Waals surface area contributed by atoms with Crippen molar-refractivity contribution in [2.75, 3.05) is 13.2 Å². The Morgan fingerprint density at radius 3 is 1.82 bits per heavy atom. The molecule has 0 aliphatic heterocycles. The van der Waals surface area contributed by atoms with E-state index in [0.717, 1.165) is 12.8 Å². The second-order valence-electron chi connectivity index (χ2n) is 2.14. The van der Waals surface area contributed by atoms with Crippen LogP contribution in [-0.2, 0) is 20.9 Å². The molecule has 0 radical (unpaired) electrons. The molecule has 68 valence electrons. The second-order valence-corrected chi connectivity index (χ2v) is 4.97. The van der Waals surface area contributed by atoms with E-state index >= 15 is 0 Å². The smallest absolute Gasteiger partial charge is 0.324 e. The molecule has 0 aromatic rings. The standard InChI is InChI=1S/C6H15O3PS/c1-3-5-8-10(7,11)9-6-4-2/h3-6H2,1-2H3,(H,7,11). The van der Waals surface area contributed by atoms with Gasteiger partial charge in [0, 0.05) is 0 Å². The van der Waals surface area contributed by atoms with Crippen LogP contribution in [0.1, 0.15) is 26.7 Å². The largest absolute Gasteiger partial charge is 0.324 e. The molecule has 0 unspecified atom stereocenters. The zero-order valence-electron chi connectivity index (χ0n) is 6.95. The Labute approximate surface area is 73.0 Å². The third-order valence-corrected chi connectivity index (χ3v) is 2.57. The summed E-state index contributed by atoms with van der Waals surface area (Å²) in [6.45, 7) is 1.95. The van der Waals surface area contributed by atoms with Gasteiger partial charge in [-0.3, -0.25) is 0 Å². The van der Waals surface area contributed by atoms with Gasteiger partial charge in [0.25, 0.3) is 0 Å². The van der Waals surface area contributed by atoms with Gasteiger partial charge in [-0.2, -0.15) is 0 Å². The van der Waals surface area contributed by atoms with Crippen LogP contribution >= 0.6 is 6.72 Å². The molecule has 0 bridgehead atoms. The van der Waals surface area contributed by atoms with Gasteiger partial charge in [0.2, 0.25) is 0 Å². The Bertz CT molecular complexity index is 128. The lowest BCUT2D eigenvalue weighted by Gasteiger charge is -2.14. The topological polar surface area (TPSA) is 38.7 Å². The number of hydrogen-bond acceptors (Lipinski definition) is 3. The molecule has 0 atom stereocenters. The molecular formula is C6H15O3PS. The molecule has 0 aliphatic carbocycles. The third-order valence-electron chi connectivity index (χ3n) is 0.917. The van der Waals surface area contributed by atoms with E-state index in [9.17, 15) is 4.89 Å². The predicted octanol–water partition coefficient (Wildman–Crippen LogP) is 2.06. The van der Waals surface area contributed by atoms with E-state index in [1.54, 1.807) is 0 Å². The molecule has 0 aromatic heterocycles. The van der Waals surface area contributed by atoms with Crippen LogP contribution in [0.15, 0.2) is 0 Å². The van der Waals surface area contributed by atoms with Crippen LogP contribution in [0.25, 0.3) is 0 Å². The van der Waals surface area contributed by atoms with Crippen molar-refractivity contribution in [3.8, 4) is 0 Å². The summed E-state index contributed by atoms with van der Waals surface area (Å²) in [5.74, 6) is 0. The molecule has 0 saturated carbocycles. The Morgan fingerprint density at radius 2 is 1.55 bits per heavy atom. The van der Waals surface area contributed by atoms with Crippen LogP contribution < -0.4 is 0 Å². The first kappa shape index (κ1) is 11.5. The summed E-state index contributed by atoms with van der Waals surface area (Å²) in [5, 5.41) is 0. The zero-order chi connectivity index (χ0) is 8.74. The molecule has 0 aromatic carbocycles. The minimum absolute atomic E-state index is 0.470. The molecule has 0 heterocycles. The summed E-state index contributed by atoms with van der Waals surface area (Å²) < 4.78 is 9.88. The fourth-order valence-electron chi connectivity index (χ4n) is 0.451. The van der Waals surface area contributed by atoms with Crippen molar-refractivity contribution in [2.45, 2.75) is 26.7 Å². The Morgan fingerprint density at radius 1 is 1.18 bits per heavy atom. The molecule has 0 rings (SSSR count). The van der Waals surface area contributed by atoms with E-state index in [1.807, 2.05) is 13.8 Å². The van der Waals surface area contributed by atoms with Gasteiger partial charge in [-0.15, -0.1) is 0 Å². The summed E-state index contributed by atoms with van der Waals surface area (Å²) in [4.78, 5) is 9.26. The average Bonchev–Trinajstić information content (AvgIpc) is 1.97. The summed E-state index contributed by atoms with van der Waals surface area (Å²) in [6.07, 6.45) is 1.68. The summed E-state index contributed by atoms with van der Waals surface area (Å²) >= 11 is 4.70. The maximum atomic E-state index is 9.26. The fraction of sp³-hybridized carbons (Fsp3) is 1.00. The van der Waals surface area contributed by atoms with E-state index in [1.165, 1.54) is 0 Å². The van der Waals surface area contributed by atoms with Crippen molar-refractivity contribution in [2.24, 2.45) is 0 Å². The summed E-state index contributed by atoms with van der Waals surface area (Å²) in [5.41, 5.74) is 0. The highest BCUT2D eigenvalue weighted by Gasteiger charge is 2.12. The van der Waals surface area contributed by atoms with Crippen molar-refractivity contribution >= 4 is 18.5 Å². The predicted molar refractivity (Wildman–Crippen MR) is 49.0 cm³/mol. The quantitative estimate of drug-likeness (QED) is 0.663. The van der Waals surface area contributed by atoms with Crippen molar-refractivity contribution in [1.82, 2.24) is 0 Å². The van der Waals surface area contributed by atoms with Gasteiger partial charge in [0.05, 0.1) is 13.2 Å². The first-order chi connectivity index (χ1) is 5.12. The van der Waals surface area contributed by atoms with Crippen LogP contribution in [0.3, 0.4) is 0 Å². The highest BCUT2D eigenvalue weighted by atomic mass is 32.5. The maximum Gasteiger partial charge on any atom is 0.324 e. The first-order valence-corrected chi connectivity index (χ1v) is 6.33. The number of hydrogen-bond donors (Lipinski definition) is 1. The van der Waals surface area contributed by atoms with Gasteiger partial charge in [-0.25, -0.2) is 0 Å². The average molecular weight is 198 g/mol. The van der Waals surface area contributed by atoms with Crippen LogP contribution in [0.5, 0.6) is 0 Å². The van der Waals surface area contributed by atoms with Gasteiger partial charge < -0.3 is 13.9 Å². The molecule has 0 fully saturated rings. The molecule has 0 aliphatic rings. The normalized spacial score (nSPS) is 11.9. The lowest BCUT2D eigenvalue weighted by atomic mass is 10.5. The Hall–Kier alpha value is 0.530. The van der Waals surface area contributed by atoms with Crippen LogP contribution in [0.2, 0.25) is 0 Å². The van der Waals surface area contributed by atoms with Crippen molar-refractivity contribution in [1.29, 1.82) is 0 Å². The Balaban J connectivity index is 3.53. The van der Waals surface area contributed by atoms with E-state index in [-0.39, 0.29) is 0 Å². The molecule has 1 N–H and O–H groups in total. The molecule has 3 nitrogen and oxygen atoms in total. The van der Waals surface area contributed by atoms with Gasteiger partial charge in [0.1, 0.15) is 0 Å². The molecule has 5 heteroatoms. The van der Waals surface area contributed by atoms with Crippen molar-refractivity contribution in [3.63, 3.8) is 0 Å². The van der Waals surface area contributed by atoms with Crippen LogP contribution in [0.4, 0.5) is 0 Å². The summed E-state index contributed by atoms with van der Waals surface area (Å²) in [7, 11) is 0. The van der Waals surface area contributed by atoms with Gasteiger partial charge in [-0.05, 0) is 24.6 Å². The highest BCUT2D eigenvalue weighted by molar-refractivity contribution is 8.07. The molecule has 11 heavy (non-hydrogen) atoms. The highest BCUT2D eigenvalue weighted by Crippen LogP contribution is 2.43. The molecule has 0 saturated heterocycles. The van der Waals surface area contributed by atoms with Gasteiger partial charge in [-0.1, -0.05) is 13.8 Å². The summed E-state index contributed by atoms with van der Waals surface area (Å²) in [6, 6.07) is 0.